The number of anilines is 1. The lowest BCUT2D eigenvalue weighted by Gasteiger charge is -2.02. The van der Waals surface area contributed by atoms with E-state index in [0.717, 1.165) is 12.0 Å². The Morgan fingerprint density at radius 3 is 2.84 bits per heavy atom. The van der Waals surface area contributed by atoms with Gasteiger partial charge in [-0.05, 0) is 12.0 Å². The second kappa shape index (κ2) is 6.70. The summed E-state index contributed by atoms with van der Waals surface area (Å²) in [6.45, 7) is 1.18. The minimum Gasteiger partial charge on any atom is -0.329 e. The van der Waals surface area contributed by atoms with Crippen LogP contribution < -0.4 is 11.1 Å². The van der Waals surface area contributed by atoms with Crippen molar-refractivity contribution >= 4 is 11.6 Å². The van der Waals surface area contributed by atoms with Crippen LogP contribution in [0.15, 0.2) is 42.7 Å². The lowest BCUT2D eigenvalue weighted by molar-refractivity contribution is -0.116. The van der Waals surface area contributed by atoms with Crippen molar-refractivity contribution in [1.82, 2.24) is 9.78 Å². The van der Waals surface area contributed by atoms with Crippen LogP contribution in [0, 0.1) is 0 Å². The van der Waals surface area contributed by atoms with Gasteiger partial charge in [0.1, 0.15) is 0 Å². The van der Waals surface area contributed by atoms with Crippen molar-refractivity contribution in [2.75, 3.05) is 11.9 Å². The summed E-state index contributed by atoms with van der Waals surface area (Å²) in [5.41, 5.74) is 7.31. The Hall–Kier alpha value is -2.14. The van der Waals surface area contributed by atoms with Gasteiger partial charge in [-0.15, -0.1) is 0 Å². The molecule has 19 heavy (non-hydrogen) atoms. The van der Waals surface area contributed by atoms with Crippen LogP contribution >= 0.6 is 0 Å². The van der Waals surface area contributed by atoms with E-state index in [1.165, 1.54) is 0 Å². The molecule has 0 saturated heterocycles. The third kappa shape index (κ3) is 4.22. The number of nitrogens with two attached hydrogens (primary N) is 1. The molecule has 1 amide bonds. The van der Waals surface area contributed by atoms with E-state index in [1.54, 1.807) is 17.1 Å². The first-order valence-corrected chi connectivity index (χ1v) is 6.34. The van der Waals surface area contributed by atoms with E-state index in [0.29, 0.717) is 25.2 Å². The zero-order valence-corrected chi connectivity index (χ0v) is 10.7. The van der Waals surface area contributed by atoms with Crippen molar-refractivity contribution in [2.24, 2.45) is 5.73 Å². The number of aromatic nitrogens is 2. The van der Waals surface area contributed by atoms with Gasteiger partial charge < -0.3 is 11.1 Å². The average molecular weight is 258 g/mol. The maximum absolute atomic E-state index is 11.8. The number of hydrogen-bond acceptors (Lipinski definition) is 3. The summed E-state index contributed by atoms with van der Waals surface area (Å²) in [5.74, 6) is -0.00356. The first-order valence-electron chi connectivity index (χ1n) is 6.34. The topological polar surface area (TPSA) is 72.9 Å². The van der Waals surface area contributed by atoms with Gasteiger partial charge >= 0.3 is 0 Å². The van der Waals surface area contributed by atoms with Gasteiger partial charge in [0.15, 0.2) is 0 Å². The van der Waals surface area contributed by atoms with Crippen LogP contribution in [-0.2, 0) is 17.8 Å². The molecule has 0 atom stereocenters. The number of rotatable bonds is 6. The number of benzene rings is 1. The second-order valence-corrected chi connectivity index (χ2v) is 4.31. The van der Waals surface area contributed by atoms with Crippen LogP contribution in [-0.4, -0.2) is 22.2 Å². The van der Waals surface area contributed by atoms with Gasteiger partial charge in [-0.25, -0.2) is 0 Å². The van der Waals surface area contributed by atoms with Gasteiger partial charge in [0, 0.05) is 19.2 Å². The molecule has 0 bridgehead atoms. The molecule has 3 N–H and O–H groups in total. The Bertz CT molecular complexity index is 521. The highest BCUT2D eigenvalue weighted by Crippen LogP contribution is 2.07. The molecule has 0 fully saturated rings. The Balaban J connectivity index is 1.80. The molecule has 0 aliphatic rings. The SMILES string of the molecule is NCCn1cc(NC(=O)CCc2ccccc2)cn1. The van der Waals surface area contributed by atoms with Crippen molar-refractivity contribution in [1.29, 1.82) is 0 Å². The third-order valence-electron chi connectivity index (χ3n) is 2.76. The van der Waals surface area contributed by atoms with Crippen molar-refractivity contribution in [3.8, 4) is 0 Å². The minimum atomic E-state index is -0.00356. The summed E-state index contributed by atoms with van der Waals surface area (Å²) < 4.78 is 1.72. The van der Waals surface area contributed by atoms with Crippen LogP contribution in [0.25, 0.3) is 0 Å². The molecule has 0 spiro atoms. The molecule has 2 aromatic rings. The maximum Gasteiger partial charge on any atom is 0.224 e. The quantitative estimate of drug-likeness (QED) is 0.823. The molecule has 0 aliphatic carbocycles. The van der Waals surface area contributed by atoms with Crippen LogP contribution in [0.4, 0.5) is 5.69 Å². The molecule has 0 radical (unpaired) electrons. The average Bonchev–Trinajstić information content (AvgIpc) is 2.85. The van der Waals surface area contributed by atoms with Crippen LogP contribution in [0.5, 0.6) is 0 Å². The molecule has 0 aliphatic heterocycles. The third-order valence-corrected chi connectivity index (χ3v) is 2.76. The minimum absolute atomic E-state index is 0.00356. The zero-order valence-electron chi connectivity index (χ0n) is 10.7. The first-order chi connectivity index (χ1) is 9.28. The molecule has 5 heteroatoms. The van der Waals surface area contributed by atoms with Crippen molar-refractivity contribution in [3.63, 3.8) is 0 Å². The summed E-state index contributed by atoms with van der Waals surface area (Å²) in [6.07, 6.45) is 4.62. The van der Waals surface area contributed by atoms with Gasteiger partial charge in [0.05, 0.1) is 18.4 Å². The van der Waals surface area contributed by atoms with Crippen molar-refractivity contribution < 1.29 is 4.79 Å². The van der Waals surface area contributed by atoms with Gasteiger partial charge in [-0.3, -0.25) is 9.48 Å². The highest BCUT2D eigenvalue weighted by molar-refractivity contribution is 5.90. The summed E-state index contributed by atoms with van der Waals surface area (Å²) in [5, 5.41) is 6.93. The Morgan fingerprint density at radius 2 is 2.11 bits per heavy atom. The molecular weight excluding hydrogens is 240 g/mol. The lowest BCUT2D eigenvalue weighted by Crippen LogP contribution is -2.12. The Labute approximate surface area is 112 Å². The van der Waals surface area contributed by atoms with E-state index in [9.17, 15) is 4.79 Å². The normalized spacial score (nSPS) is 10.4. The molecule has 1 aromatic carbocycles. The van der Waals surface area contributed by atoms with E-state index in [4.69, 9.17) is 5.73 Å². The molecule has 100 valence electrons. The lowest BCUT2D eigenvalue weighted by atomic mass is 10.1. The predicted octanol–water partition coefficient (Wildman–Crippen LogP) is 1.41. The monoisotopic (exact) mass is 258 g/mol. The molecule has 1 aromatic heterocycles. The second-order valence-electron chi connectivity index (χ2n) is 4.31. The van der Waals surface area contributed by atoms with Crippen LogP contribution in [0.1, 0.15) is 12.0 Å². The summed E-state index contributed by atoms with van der Waals surface area (Å²) in [6, 6.07) is 9.96. The largest absolute Gasteiger partial charge is 0.329 e. The zero-order chi connectivity index (χ0) is 13.5. The summed E-state index contributed by atoms with van der Waals surface area (Å²) in [7, 11) is 0. The van der Waals surface area contributed by atoms with Gasteiger partial charge in [-0.2, -0.15) is 5.10 Å². The molecule has 0 saturated carbocycles. The Kier molecular flexibility index (Phi) is 4.69. The molecule has 2 rings (SSSR count). The standard InChI is InChI=1S/C14H18N4O/c15-8-9-18-11-13(10-16-18)17-14(19)7-6-12-4-2-1-3-5-12/h1-5,10-11H,6-9,15H2,(H,17,19). The van der Waals surface area contributed by atoms with E-state index in [2.05, 4.69) is 10.4 Å². The number of nitrogens with one attached hydrogen (secondary N) is 1. The first kappa shape index (κ1) is 13.3. The predicted molar refractivity (Wildman–Crippen MR) is 74.7 cm³/mol. The maximum atomic E-state index is 11.8. The van der Waals surface area contributed by atoms with E-state index in [1.807, 2.05) is 30.3 Å². The molecule has 0 unspecified atom stereocenters. The number of aryl methyl sites for hydroxylation is 1. The number of amides is 1. The summed E-state index contributed by atoms with van der Waals surface area (Å²) >= 11 is 0. The highest BCUT2D eigenvalue weighted by atomic mass is 16.1. The van der Waals surface area contributed by atoms with Crippen molar-refractivity contribution in [2.45, 2.75) is 19.4 Å². The number of nitrogens with zero attached hydrogens (tertiary/aromatic N) is 2. The number of carbonyl (C=O) groups is 1. The van der Waals surface area contributed by atoms with Crippen molar-refractivity contribution in [3.05, 3.63) is 48.3 Å². The molecule has 5 nitrogen and oxygen atoms in total. The van der Waals surface area contributed by atoms with Crippen LogP contribution in [0.2, 0.25) is 0 Å². The fraction of sp³-hybridized carbons (Fsp3) is 0.286. The number of carbonyl (C=O) groups excluding carboxylic acids is 1. The highest BCUT2D eigenvalue weighted by Gasteiger charge is 2.04. The Morgan fingerprint density at radius 1 is 1.32 bits per heavy atom. The summed E-state index contributed by atoms with van der Waals surface area (Å²) in [4.78, 5) is 11.8. The molecule has 1 heterocycles. The van der Waals surface area contributed by atoms with Gasteiger partial charge in [0.2, 0.25) is 5.91 Å². The van der Waals surface area contributed by atoms with Gasteiger partial charge in [0.25, 0.3) is 0 Å². The van der Waals surface area contributed by atoms with E-state index < -0.39 is 0 Å². The van der Waals surface area contributed by atoms with Crippen LogP contribution in [0.3, 0.4) is 0 Å². The fourth-order valence-corrected chi connectivity index (χ4v) is 1.81. The smallest absolute Gasteiger partial charge is 0.224 e. The van der Waals surface area contributed by atoms with Gasteiger partial charge in [-0.1, -0.05) is 30.3 Å². The van der Waals surface area contributed by atoms with E-state index in [-0.39, 0.29) is 5.91 Å². The fourth-order valence-electron chi connectivity index (χ4n) is 1.81. The molecular formula is C14H18N4O. The number of hydrogen-bond donors (Lipinski definition) is 2. The van der Waals surface area contributed by atoms with E-state index >= 15 is 0 Å².